The van der Waals surface area contributed by atoms with Gasteiger partial charge >= 0.3 is 11.4 Å². The molecule has 0 atom stereocenters. The lowest BCUT2D eigenvalue weighted by atomic mass is 10.2. The number of likely N-dealkylation sites (N-methyl/N-ethyl adjacent to an activating group) is 10. The van der Waals surface area contributed by atoms with Gasteiger partial charge in [0.05, 0.1) is 201 Å². The van der Waals surface area contributed by atoms with Crippen LogP contribution in [-0.4, -0.2) is 410 Å². The normalized spacial score (nSPS) is 10.6. The fraction of sp³-hybridized carbons (Fsp3) is 0.658. The molecule has 45 heteroatoms. The van der Waals surface area contributed by atoms with E-state index in [0.717, 1.165) is 44.1 Å². The molecular formula is C73H116ClN15O29. The summed E-state index contributed by atoms with van der Waals surface area (Å²) in [6, 6.07) is 9.90. The average molecular weight is 1700 g/mol. The van der Waals surface area contributed by atoms with Gasteiger partial charge in [-0.2, -0.15) is 0 Å². The van der Waals surface area contributed by atoms with Gasteiger partial charge in [0.25, 0.3) is 11.4 Å². The van der Waals surface area contributed by atoms with Crippen molar-refractivity contribution in [3.05, 3.63) is 79.2 Å². The summed E-state index contributed by atoms with van der Waals surface area (Å²) in [4.78, 5) is 198. The van der Waals surface area contributed by atoms with Gasteiger partial charge in [0.15, 0.2) is 5.78 Å². The smallest absolute Gasteiger partial charge is 0.409 e. The number of esters is 1. The SMILES string of the molecule is CN(CC(=O)CCCOCCOCCOCCOCCOCCOCCOCCOCCOCCOCCN=[N+]=[N-])C(=O)CN(C)C(=O)CN(C)C(=O)CN(C)C(=O)CN(C)C(=O)CN(C)C(=O)CN(C)C(=O)CN(C)C(=O)CN(C)C(=O)CN(C)C(=O)CCCC(=O)Oc1ccc([N+](=O)[O-])cc1.O=C(Cl)Oc1ccc([N+](=O)[O-])cc1.[2H]CC. The molecule has 2 aromatic carbocycles. The van der Waals surface area contributed by atoms with Gasteiger partial charge in [-0.3, -0.25) is 77.8 Å². The van der Waals surface area contributed by atoms with Crippen LogP contribution in [0.25, 0.3) is 10.4 Å². The van der Waals surface area contributed by atoms with Crippen molar-refractivity contribution in [1.29, 1.82) is 0 Å². The van der Waals surface area contributed by atoms with Crippen molar-refractivity contribution < 1.29 is 130 Å². The Hall–Kier alpha value is -10.3. The summed E-state index contributed by atoms with van der Waals surface area (Å²) in [5.74, 6) is -6.68. The van der Waals surface area contributed by atoms with Crippen LogP contribution in [0.5, 0.6) is 11.5 Å². The molecule has 0 bridgehead atoms. The van der Waals surface area contributed by atoms with Crippen molar-refractivity contribution in [3.63, 3.8) is 0 Å². The van der Waals surface area contributed by atoms with Crippen LogP contribution < -0.4 is 9.47 Å². The third kappa shape index (κ3) is 53.2. The Kier molecular flexibility index (Phi) is 58.9. The van der Waals surface area contributed by atoms with Gasteiger partial charge in [-0.1, -0.05) is 18.9 Å². The van der Waals surface area contributed by atoms with E-state index in [2.05, 4.69) is 14.8 Å². The summed E-state index contributed by atoms with van der Waals surface area (Å²) in [5.41, 5.74) is 6.96. The number of non-ortho nitro benzene ring substituents is 2. The number of nitro benzene ring substituents is 2. The Labute approximate surface area is 692 Å². The first-order valence-electron chi connectivity index (χ1n) is 37.8. The van der Waals surface area contributed by atoms with E-state index in [1.54, 1.807) is 6.92 Å². The zero-order valence-corrected chi connectivity index (χ0v) is 70.0. The molecule has 0 N–H and O–H groups in total. The van der Waals surface area contributed by atoms with E-state index in [4.69, 9.17) is 70.6 Å². The predicted octanol–water partition coefficient (Wildman–Crippen LogP) is 1.44. The lowest BCUT2D eigenvalue weighted by Gasteiger charge is -2.27. The van der Waals surface area contributed by atoms with E-state index in [0.29, 0.717) is 152 Å². The first kappa shape index (κ1) is 106. The number of ether oxygens (including phenoxy) is 12. The van der Waals surface area contributed by atoms with Crippen LogP contribution in [0.3, 0.4) is 0 Å². The quantitative estimate of drug-likeness (QED) is 0.0104. The molecule has 0 unspecified atom stereocenters. The number of benzene rings is 2. The second-order valence-electron chi connectivity index (χ2n) is 25.4. The van der Waals surface area contributed by atoms with Crippen molar-refractivity contribution in [2.45, 2.75) is 45.9 Å². The summed E-state index contributed by atoms with van der Waals surface area (Å²) < 4.78 is 70.3. The molecule has 0 radical (unpaired) electrons. The lowest BCUT2D eigenvalue weighted by molar-refractivity contribution is -0.385. The molecule has 44 nitrogen and oxygen atoms in total. The van der Waals surface area contributed by atoms with Gasteiger partial charge in [0.2, 0.25) is 59.1 Å². The van der Waals surface area contributed by atoms with E-state index in [1.165, 1.54) is 124 Å². The largest absolute Gasteiger partial charge is 0.427 e. The maximum atomic E-state index is 13.1. The standard InChI is InChI=1S/C64H106N14O25.C7H4ClNO4.C2H6/c1-68(41-52(79)13-12-21-93-23-25-95-27-29-97-31-33-99-35-37-101-39-40-102-38-36-100-34-32-98-30-28-96-26-24-94-22-20-66-67-65)55(81)43-70(3)57(83)45-72(5)59(85)47-74(7)61(87)49-76(9)63(89)50-77(10)62(88)48-75(8)60(86)46-73(6)58(84)44-71(4)56(82)42-69(2)54(80)14-11-15-64(90)103-53-18-16-51(17-19-53)78(91)92;8-7(10)13-6-3-1-5(2-4-6)9(11)12;1-2/h16-19H,11-15,20-50H2,1-10H3;1-4H;1-2H3/i;;1D. The summed E-state index contributed by atoms with van der Waals surface area (Å²) in [7, 11) is 13.4. The van der Waals surface area contributed by atoms with E-state index < -0.39 is 133 Å². The van der Waals surface area contributed by atoms with Crippen molar-refractivity contribution >= 4 is 99.2 Å². The Balaban J connectivity index is 0.00000776. The first-order chi connectivity index (χ1) is 56.6. The van der Waals surface area contributed by atoms with Crippen LogP contribution in [-0.2, 0) is 105 Å². The van der Waals surface area contributed by atoms with Crippen LogP contribution in [0.4, 0.5) is 16.2 Å². The van der Waals surface area contributed by atoms with Gasteiger partial charge in [0.1, 0.15) is 11.5 Å². The molecule has 0 saturated carbocycles. The highest BCUT2D eigenvalue weighted by atomic mass is 35.5. The molecular weight excluding hydrogens is 1590 g/mol. The van der Waals surface area contributed by atoms with Gasteiger partial charge in [0, 0.05) is 145 Å². The minimum Gasteiger partial charge on any atom is -0.427 e. The molecule has 2 aromatic rings. The number of hydrogen-bond acceptors (Lipinski definition) is 30. The Bertz CT molecular complexity index is 3470. The highest BCUT2D eigenvalue weighted by Crippen LogP contribution is 2.20. The third-order valence-corrected chi connectivity index (χ3v) is 15.9. The van der Waals surface area contributed by atoms with Crippen LogP contribution in [0.2, 0.25) is 0 Å². The van der Waals surface area contributed by atoms with E-state index >= 15 is 0 Å². The Morgan fingerprint density at radius 3 is 0.831 bits per heavy atom. The first-order valence-corrected chi connectivity index (χ1v) is 37.5. The molecule has 0 spiro atoms. The number of hydrogen-bond donors (Lipinski definition) is 0. The van der Waals surface area contributed by atoms with E-state index in [1.807, 2.05) is 0 Å². The number of amides is 10. The number of carbonyl (C=O) groups is 13. The number of Topliss-reactive ketones (excluding diaryl/α,β-unsaturated/α-hetero) is 1. The van der Waals surface area contributed by atoms with Crippen molar-refractivity contribution in [1.82, 2.24) is 49.0 Å². The maximum Gasteiger partial charge on any atom is 0.409 e. The van der Waals surface area contributed by atoms with Crippen LogP contribution in [0.15, 0.2) is 53.6 Å². The fourth-order valence-electron chi connectivity index (χ4n) is 8.86. The summed E-state index contributed by atoms with van der Waals surface area (Å²) in [6.07, 6.45) is 0.403. The number of azide groups is 1. The van der Waals surface area contributed by atoms with Crippen molar-refractivity contribution in [3.8, 4) is 11.5 Å². The number of rotatable bonds is 62. The minimum absolute atomic E-state index is 0.0747. The summed E-state index contributed by atoms with van der Waals surface area (Å²) >= 11 is 4.92. The molecule has 0 aliphatic rings. The zero-order chi connectivity index (χ0) is 89.5. The van der Waals surface area contributed by atoms with Crippen LogP contribution in [0, 0.1) is 20.2 Å². The topological polar surface area (TPSA) is 500 Å². The monoisotopic (exact) mass is 1700 g/mol. The predicted molar refractivity (Wildman–Crippen MR) is 422 cm³/mol. The summed E-state index contributed by atoms with van der Waals surface area (Å²) in [6.45, 7) is 6.34. The number of nitro groups is 2. The molecule has 0 aliphatic carbocycles. The lowest BCUT2D eigenvalue weighted by Crippen LogP contribution is -2.49. The average Bonchev–Trinajstić information content (AvgIpc) is 0.894. The Morgan fingerprint density at radius 2 is 0.585 bits per heavy atom. The number of halogens is 1. The molecule has 0 aliphatic heterocycles. The molecule has 664 valence electrons. The zero-order valence-electron chi connectivity index (χ0n) is 70.2. The molecule has 0 saturated heterocycles. The molecule has 0 heterocycles. The Morgan fingerprint density at radius 1 is 0.356 bits per heavy atom. The minimum atomic E-state index is -0.978. The fourth-order valence-corrected chi connectivity index (χ4v) is 8.95. The van der Waals surface area contributed by atoms with Gasteiger partial charge in [-0.25, -0.2) is 4.79 Å². The van der Waals surface area contributed by atoms with Gasteiger partial charge in [-0.05, 0) is 42.6 Å². The molecule has 0 fully saturated rings. The molecule has 10 amide bonds. The van der Waals surface area contributed by atoms with Crippen LogP contribution >= 0.6 is 11.6 Å². The molecule has 118 heavy (non-hydrogen) atoms. The number of ketones is 1. The van der Waals surface area contributed by atoms with E-state index in [-0.39, 0.29) is 67.4 Å². The van der Waals surface area contributed by atoms with Gasteiger partial charge < -0.3 is 106 Å². The number of carbonyl (C=O) groups excluding carboxylic acids is 13. The molecule has 2 rings (SSSR count). The summed E-state index contributed by atoms with van der Waals surface area (Å²) in [5, 5.41) is 24.4. The second-order valence-corrected chi connectivity index (χ2v) is 25.7. The van der Waals surface area contributed by atoms with E-state index in [9.17, 15) is 82.6 Å². The van der Waals surface area contributed by atoms with Gasteiger partial charge in [-0.15, -0.1) is 0 Å². The second kappa shape index (κ2) is 65.7. The third-order valence-electron chi connectivity index (χ3n) is 15.8. The highest BCUT2D eigenvalue weighted by molar-refractivity contribution is 6.61. The number of nitrogens with zero attached hydrogens (tertiary/aromatic N) is 15. The van der Waals surface area contributed by atoms with Crippen molar-refractivity contribution in [2.75, 3.05) is 275 Å². The highest BCUT2D eigenvalue weighted by Gasteiger charge is 2.27. The maximum absolute atomic E-state index is 13.1. The van der Waals surface area contributed by atoms with Crippen LogP contribution in [0.1, 0.15) is 47.3 Å². The molecule has 0 aromatic heterocycles. The van der Waals surface area contributed by atoms with Crippen molar-refractivity contribution in [2.24, 2.45) is 5.11 Å².